The third-order valence-electron chi connectivity index (χ3n) is 6.51. The van der Waals surface area contributed by atoms with Crippen LogP contribution in [0.5, 0.6) is 5.75 Å². The second-order valence-corrected chi connectivity index (χ2v) is 9.23. The molecule has 0 radical (unpaired) electrons. The van der Waals surface area contributed by atoms with Gasteiger partial charge in [-0.15, -0.1) is 0 Å². The predicted molar refractivity (Wildman–Crippen MR) is 120 cm³/mol. The Morgan fingerprint density at radius 3 is 2.37 bits per heavy atom. The first-order valence-corrected chi connectivity index (χ1v) is 11.1. The van der Waals surface area contributed by atoms with E-state index >= 15 is 0 Å². The highest BCUT2D eigenvalue weighted by Crippen LogP contribution is 2.45. The van der Waals surface area contributed by atoms with Gasteiger partial charge in [-0.1, -0.05) is 54.6 Å². The Labute approximate surface area is 187 Å². The number of fused-ring (bicyclic) bond motifs is 1. The van der Waals surface area contributed by atoms with E-state index in [1.807, 2.05) is 0 Å². The molecule has 0 aromatic heterocycles. The number of Topliss-reactive ketones (excluding diaryl/α,β-unsaturated/α-hetero) is 1. The molecule has 1 atom stereocenters. The Kier molecular flexibility index (Phi) is 5.82. The average Bonchev–Trinajstić information content (AvgIpc) is 2.75. The number of halogens is 2. The summed E-state index contributed by atoms with van der Waals surface area (Å²) in [6.45, 7) is 2.27. The van der Waals surface area contributed by atoms with Crippen molar-refractivity contribution >= 4 is 40.6 Å². The predicted octanol–water partition coefficient (Wildman–Crippen LogP) is 6.07. The summed E-state index contributed by atoms with van der Waals surface area (Å²) in [5.74, 6) is 0.548. The quantitative estimate of drug-likeness (QED) is 0.536. The molecule has 2 aromatic rings. The number of benzene rings is 2. The van der Waals surface area contributed by atoms with Crippen LogP contribution in [0, 0.1) is 5.92 Å². The van der Waals surface area contributed by atoms with Crippen molar-refractivity contribution in [3.05, 3.63) is 57.6 Å². The van der Waals surface area contributed by atoms with Gasteiger partial charge in [-0.2, -0.15) is 0 Å². The van der Waals surface area contributed by atoms with Gasteiger partial charge in [0.15, 0.2) is 5.78 Å². The van der Waals surface area contributed by atoms with Crippen LogP contribution in [0.15, 0.2) is 36.4 Å². The molecule has 2 aromatic carbocycles. The lowest BCUT2D eigenvalue weighted by atomic mass is 9.71. The lowest BCUT2D eigenvalue weighted by Gasteiger charge is -2.41. The number of amides is 1. The number of hydrogen-bond donors (Lipinski definition) is 0. The van der Waals surface area contributed by atoms with Gasteiger partial charge >= 0.3 is 0 Å². The molecule has 158 valence electrons. The second kappa shape index (κ2) is 8.24. The minimum atomic E-state index is -1.36. The summed E-state index contributed by atoms with van der Waals surface area (Å²) < 4.78 is 5.24. The number of ether oxygens (including phenoxy) is 1. The van der Waals surface area contributed by atoms with E-state index in [4.69, 9.17) is 27.9 Å². The average molecular weight is 446 g/mol. The Bertz CT molecular complexity index is 983. The van der Waals surface area contributed by atoms with Crippen LogP contribution in [-0.2, 0) is 10.2 Å². The largest absolute Gasteiger partial charge is 0.497 e. The minimum Gasteiger partial charge on any atom is -0.497 e. The van der Waals surface area contributed by atoms with Gasteiger partial charge in [-0.25, -0.2) is 0 Å². The zero-order valence-electron chi connectivity index (χ0n) is 17.2. The number of carbonyl (C=O) groups is 2. The molecule has 4 rings (SSSR count). The molecule has 1 saturated carbocycles. The van der Waals surface area contributed by atoms with Gasteiger partial charge in [0.2, 0.25) is 5.91 Å². The Morgan fingerprint density at radius 2 is 1.73 bits per heavy atom. The van der Waals surface area contributed by atoms with Gasteiger partial charge < -0.3 is 9.64 Å². The van der Waals surface area contributed by atoms with E-state index in [1.165, 1.54) is 19.3 Å². The number of nitrogens with zero attached hydrogens (tertiary/aromatic N) is 1. The molecule has 0 spiro atoms. The summed E-state index contributed by atoms with van der Waals surface area (Å²) in [5.41, 5.74) is 0.170. The SMILES string of the molecule is COc1ccc(C2(C)C(=O)c3c(Cl)cc(Cl)cc3N(CC3CCCCC3)C2=O)cc1. The van der Waals surface area contributed by atoms with Crippen molar-refractivity contribution in [1.29, 1.82) is 0 Å². The molecule has 6 heteroatoms. The first-order chi connectivity index (χ1) is 14.4. The Hall–Kier alpha value is -2.04. The molecular formula is C24H25Cl2NO3. The van der Waals surface area contributed by atoms with Crippen molar-refractivity contribution in [3.8, 4) is 5.75 Å². The van der Waals surface area contributed by atoms with E-state index in [0.29, 0.717) is 40.0 Å². The molecule has 2 aliphatic rings. The van der Waals surface area contributed by atoms with Crippen molar-refractivity contribution in [3.63, 3.8) is 0 Å². The molecule has 1 amide bonds. The van der Waals surface area contributed by atoms with E-state index < -0.39 is 5.41 Å². The zero-order chi connectivity index (χ0) is 21.5. The third-order valence-corrected chi connectivity index (χ3v) is 7.03. The molecule has 4 nitrogen and oxygen atoms in total. The number of ketones is 1. The molecule has 0 bridgehead atoms. The molecule has 1 aliphatic heterocycles. The fourth-order valence-electron chi connectivity index (χ4n) is 4.71. The van der Waals surface area contributed by atoms with Gasteiger partial charge in [0.25, 0.3) is 0 Å². The summed E-state index contributed by atoms with van der Waals surface area (Å²) in [6, 6.07) is 10.4. The van der Waals surface area contributed by atoms with Gasteiger partial charge in [0.1, 0.15) is 11.2 Å². The minimum absolute atomic E-state index is 0.228. The lowest BCUT2D eigenvalue weighted by Crippen LogP contribution is -2.55. The summed E-state index contributed by atoms with van der Waals surface area (Å²) >= 11 is 12.8. The number of methoxy groups -OCH3 is 1. The zero-order valence-corrected chi connectivity index (χ0v) is 18.7. The third kappa shape index (κ3) is 3.50. The Morgan fingerprint density at radius 1 is 1.07 bits per heavy atom. The lowest BCUT2D eigenvalue weighted by molar-refractivity contribution is -0.122. The molecule has 1 fully saturated rings. The summed E-state index contributed by atoms with van der Waals surface area (Å²) in [4.78, 5) is 29.3. The van der Waals surface area contributed by atoms with Crippen LogP contribution in [0.1, 0.15) is 54.9 Å². The van der Waals surface area contributed by atoms with Crippen LogP contribution in [0.25, 0.3) is 0 Å². The molecule has 1 aliphatic carbocycles. The highest BCUT2D eigenvalue weighted by Gasteiger charge is 2.51. The maximum absolute atomic E-state index is 13.9. The summed E-state index contributed by atoms with van der Waals surface area (Å²) in [5, 5.41) is 0.699. The van der Waals surface area contributed by atoms with Crippen molar-refractivity contribution in [2.24, 2.45) is 5.92 Å². The maximum atomic E-state index is 13.9. The molecular weight excluding hydrogens is 421 g/mol. The molecule has 1 heterocycles. The first kappa shape index (κ1) is 21.2. The van der Waals surface area contributed by atoms with Gasteiger partial charge in [0, 0.05) is 11.6 Å². The van der Waals surface area contributed by atoms with Crippen LogP contribution < -0.4 is 9.64 Å². The maximum Gasteiger partial charge on any atom is 0.245 e. The Balaban J connectivity index is 1.84. The molecule has 0 N–H and O–H groups in total. The summed E-state index contributed by atoms with van der Waals surface area (Å²) in [7, 11) is 1.58. The fraction of sp³-hybridized carbons (Fsp3) is 0.417. The van der Waals surface area contributed by atoms with Crippen LogP contribution in [0.3, 0.4) is 0 Å². The van der Waals surface area contributed by atoms with Crippen molar-refractivity contribution in [2.75, 3.05) is 18.6 Å². The van der Waals surface area contributed by atoms with Gasteiger partial charge in [0.05, 0.1) is 23.4 Å². The van der Waals surface area contributed by atoms with E-state index in [2.05, 4.69) is 0 Å². The van der Waals surface area contributed by atoms with Crippen molar-refractivity contribution in [2.45, 2.75) is 44.4 Å². The van der Waals surface area contributed by atoms with Crippen LogP contribution in [-0.4, -0.2) is 25.3 Å². The second-order valence-electron chi connectivity index (χ2n) is 8.38. The smallest absolute Gasteiger partial charge is 0.245 e. The van der Waals surface area contributed by atoms with E-state index in [0.717, 1.165) is 12.8 Å². The van der Waals surface area contributed by atoms with Crippen LogP contribution in [0.2, 0.25) is 10.0 Å². The van der Waals surface area contributed by atoms with E-state index in [1.54, 1.807) is 55.3 Å². The normalized spacial score (nSPS) is 22.2. The van der Waals surface area contributed by atoms with Gasteiger partial charge in [-0.3, -0.25) is 9.59 Å². The topological polar surface area (TPSA) is 46.6 Å². The summed E-state index contributed by atoms with van der Waals surface area (Å²) in [6.07, 6.45) is 5.75. The number of rotatable bonds is 4. The monoisotopic (exact) mass is 445 g/mol. The number of anilines is 1. The molecule has 1 unspecified atom stereocenters. The van der Waals surface area contributed by atoms with Crippen LogP contribution in [0.4, 0.5) is 5.69 Å². The first-order valence-electron chi connectivity index (χ1n) is 10.4. The molecule has 0 saturated heterocycles. The van der Waals surface area contributed by atoms with Crippen molar-refractivity contribution in [1.82, 2.24) is 0 Å². The number of carbonyl (C=O) groups excluding carboxylic acids is 2. The van der Waals surface area contributed by atoms with Crippen LogP contribution >= 0.6 is 23.2 Å². The standard InChI is InChI=1S/C24H25Cl2NO3/c1-24(16-8-10-18(30-2)11-9-16)22(28)21-19(26)12-17(25)13-20(21)27(23(24)29)14-15-6-4-3-5-7-15/h8-13,15H,3-7,14H2,1-2H3. The molecule has 30 heavy (non-hydrogen) atoms. The van der Waals surface area contributed by atoms with Gasteiger partial charge in [-0.05, 0) is 55.5 Å². The highest BCUT2D eigenvalue weighted by atomic mass is 35.5. The number of hydrogen-bond acceptors (Lipinski definition) is 3. The fourth-order valence-corrected chi connectivity index (χ4v) is 5.28. The van der Waals surface area contributed by atoms with E-state index in [-0.39, 0.29) is 16.7 Å². The highest BCUT2D eigenvalue weighted by molar-refractivity contribution is 6.41. The van der Waals surface area contributed by atoms with E-state index in [9.17, 15) is 9.59 Å². The van der Waals surface area contributed by atoms with Crippen molar-refractivity contribution < 1.29 is 14.3 Å².